The molecule has 7 heteroatoms. The minimum atomic E-state index is -0.726. The SMILES string of the molecule is O=C(NCCc1ccc(F)cc1)C(=O)Nc1cc2c3c(c1)CCC(=O)N3CCC2. The minimum Gasteiger partial charge on any atom is -0.347 e. The van der Waals surface area contributed by atoms with Crippen LogP contribution >= 0.6 is 0 Å². The van der Waals surface area contributed by atoms with E-state index in [2.05, 4.69) is 10.6 Å². The number of halogens is 1. The van der Waals surface area contributed by atoms with Crippen LogP contribution < -0.4 is 15.5 Å². The summed E-state index contributed by atoms with van der Waals surface area (Å²) >= 11 is 0. The highest BCUT2D eigenvalue weighted by Gasteiger charge is 2.30. The monoisotopic (exact) mass is 395 g/mol. The number of amides is 3. The maximum atomic E-state index is 12.9. The second-order valence-electron chi connectivity index (χ2n) is 7.38. The number of carbonyl (C=O) groups is 3. The summed E-state index contributed by atoms with van der Waals surface area (Å²) in [7, 11) is 0. The third-order valence-electron chi connectivity index (χ3n) is 5.35. The average molecular weight is 395 g/mol. The van der Waals surface area contributed by atoms with Gasteiger partial charge in [-0.1, -0.05) is 12.1 Å². The van der Waals surface area contributed by atoms with Gasteiger partial charge in [0.15, 0.2) is 0 Å². The molecule has 3 amide bonds. The van der Waals surface area contributed by atoms with E-state index in [0.29, 0.717) is 24.9 Å². The number of rotatable bonds is 4. The molecule has 0 saturated heterocycles. The Morgan fingerprint density at radius 2 is 1.72 bits per heavy atom. The fourth-order valence-corrected chi connectivity index (χ4v) is 3.97. The number of hydrogen-bond donors (Lipinski definition) is 2. The number of hydrogen-bond acceptors (Lipinski definition) is 3. The second-order valence-corrected chi connectivity index (χ2v) is 7.38. The highest BCUT2D eigenvalue weighted by molar-refractivity contribution is 6.39. The maximum absolute atomic E-state index is 12.9. The number of aryl methyl sites for hydroxylation is 2. The van der Waals surface area contributed by atoms with Gasteiger partial charge in [-0.25, -0.2) is 4.39 Å². The molecule has 150 valence electrons. The predicted octanol–water partition coefficient (Wildman–Crippen LogP) is 2.35. The Hall–Kier alpha value is -3.22. The van der Waals surface area contributed by atoms with Gasteiger partial charge < -0.3 is 15.5 Å². The van der Waals surface area contributed by atoms with Crippen molar-refractivity contribution in [1.29, 1.82) is 0 Å². The van der Waals surface area contributed by atoms with Crippen molar-refractivity contribution in [1.82, 2.24) is 5.32 Å². The van der Waals surface area contributed by atoms with Crippen LogP contribution in [0.4, 0.5) is 15.8 Å². The Morgan fingerprint density at radius 3 is 2.48 bits per heavy atom. The molecule has 0 bridgehead atoms. The van der Waals surface area contributed by atoms with Crippen molar-refractivity contribution in [3.63, 3.8) is 0 Å². The lowest BCUT2D eigenvalue weighted by Gasteiger charge is -2.35. The number of benzene rings is 2. The highest BCUT2D eigenvalue weighted by atomic mass is 19.1. The zero-order chi connectivity index (χ0) is 20.4. The Labute approximate surface area is 168 Å². The van der Waals surface area contributed by atoms with E-state index in [1.54, 1.807) is 12.1 Å². The lowest BCUT2D eigenvalue weighted by molar-refractivity contribution is -0.136. The fourth-order valence-electron chi connectivity index (χ4n) is 3.97. The van der Waals surface area contributed by atoms with Crippen LogP contribution in [-0.2, 0) is 33.6 Å². The highest BCUT2D eigenvalue weighted by Crippen LogP contribution is 2.37. The van der Waals surface area contributed by atoms with Crippen LogP contribution in [0.3, 0.4) is 0 Å². The molecule has 2 aromatic carbocycles. The fraction of sp³-hybridized carbons (Fsp3) is 0.318. The molecule has 29 heavy (non-hydrogen) atoms. The molecule has 0 unspecified atom stereocenters. The molecule has 0 saturated carbocycles. The van der Waals surface area contributed by atoms with E-state index in [0.717, 1.165) is 41.8 Å². The standard InChI is InChI=1S/C22H22FN3O3/c23-17-6-3-14(4-7-17)9-10-24-21(28)22(29)25-18-12-15-2-1-11-26-19(27)8-5-16(13-18)20(15)26/h3-4,6-7,12-13H,1-2,5,8-11H2,(H,24,28)(H,25,29). The van der Waals surface area contributed by atoms with E-state index in [1.165, 1.54) is 12.1 Å². The van der Waals surface area contributed by atoms with Crippen molar-refractivity contribution in [3.8, 4) is 0 Å². The van der Waals surface area contributed by atoms with Crippen molar-refractivity contribution < 1.29 is 18.8 Å². The van der Waals surface area contributed by atoms with Crippen molar-refractivity contribution >= 4 is 29.1 Å². The van der Waals surface area contributed by atoms with Gasteiger partial charge in [0.25, 0.3) is 0 Å². The average Bonchev–Trinajstić information content (AvgIpc) is 2.72. The lowest BCUT2D eigenvalue weighted by atomic mass is 9.91. The van der Waals surface area contributed by atoms with Crippen molar-refractivity contribution in [2.75, 3.05) is 23.3 Å². The van der Waals surface area contributed by atoms with Gasteiger partial charge in [-0.2, -0.15) is 0 Å². The summed E-state index contributed by atoms with van der Waals surface area (Å²) in [4.78, 5) is 38.3. The topological polar surface area (TPSA) is 78.5 Å². The van der Waals surface area contributed by atoms with Crippen molar-refractivity contribution in [2.45, 2.75) is 32.1 Å². The van der Waals surface area contributed by atoms with Gasteiger partial charge in [-0.05, 0) is 66.6 Å². The van der Waals surface area contributed by atoms with Crippen LogP contribution in [0, 0.1) is 5.82 Å². The van der Waals surface area contributed by atoms with Gasteiger partial charge in [0.05, 0.1) is 5.69 Å². The van der Waals surface area contributed by atoms with E-state index in [9.17, 15) is 18.8 Å². The first-order valence-electron chi connectivity index (χ1n) is 9.81. The molecular weight excluding hydrogens is 373 g/mol. The zero-order valence-corrected chi connectivity index (χ0v) is 16.0. The van der Waals surface area contributed by atoms with Crippen LogP contribution in [0.15, 0.2) is 36.4 Å². The van der Waals surface area contributed by atoms with Gasteiger partial charge >= 0.3 is 11.8 Å². The molecule has 2 N–H and O–H groups in total. The van der Waals surface area contributed by atoms with Crippen LogP contribution in [0.2, 0.25) is 0 Å². The number of nitrogens with zero attached hydrogens (tertiary/aromatic N) is 1. The Kier molecular flexibility index (Phi) is 5.29. The summed E-state index contributed by atoms with van der Waals surface area (Å²) in [6.07, 6.45) is 3.35. The number of carbonyl (C=O) groups excluding carboxylic acids is 3. The molecule has 6 nitrogen and oxygen atoms in total. The number of nitrogens with one attached hydrogen (secondary N) is 2. The summed E-state index contributed by atoms with van der Waals surface area (Å²) in [6, 6.07) is 9.73. The maximum Gasteiger partial charge on any atom is 0.313 e. The summed E-state index contributed by atoms with van der Waals surface area (Å²) in [5.74, 6) is -1.60. The smallest absolute Gasteiger partial charge is 0.313 e. The van der Waals surface area contributed by atoms with Crippen LogP contribution in [-0.4, -0.2) is 30.8 Å². The minimum absolute atomic E-state index is 0.149. The first-order valence-corrected chi connectivity index (χ1v) is 9.81. The van der Waals surface area contributed by atoms with Crippen LogP contribution in [0.1, 0.15) is 29.5 Å². The Morgan fingerprint density at radius 1 is 1.00 bits per heavy atom. The van der Waals surface area contributed by atoms with Crippen LogP contribution in [0.5, 0.6) is 0 Å². The molecule has 0 aromatic heterocycles. The summed E-state index contributed by atoms with van der Waals surface area (Å²) in [6.45, 7) is 1.02. The van der Waals surface area contributed by atoms with Gasteiger partial charge in [0.2, 0.25) is 5.91 Å². The lowest BCUT2D eigenvalue weighted by Crippen LogP contribution is -2.39. The van der Waals surface area contributed by atoms with E-state index in [4.69, 9.17) is 0 Å². The summed E-state index contributed by atoms with van der Waals surface area (Å²) in [5.41, 5.74) is 4.51. The van der Waals surface area contributed by atoms with E-state index in [1.807, 2.05) is 17.0 Å². The quantitative estimate of drug-likeness (QED) is 0.780. The molecule has 0 fully saturated rings. The normalized spacial score (nSPS) is 14.9. The second kappa shape index (κ2) is 8.03. The zero-order valence-electron chi connectivity index (χ0n) is 16.0. The predicted molar refractivity (Wildman–Crippen MR) is 107 cm³/mol. The van der Waals surface area contributed by atoms with Crippen LogP contribution in [0.25, 0.3) is 0 Å². The van der Waals surface area contributed by atoms with Gasteiger partial charge in [0.1, 0.15) is 5.82 Å². The largest absolute Gasteiger partial charge is 0.347 e. The molecule has 0 spiro atoms. The molecule has 0 atom stereocenters. The number of anilines is 2. The summed E-state index contributed by atoms with van der Waals surface area (Å²) in [5, 5.41) is 5.25. The Bertz CT molecular complexity index is 955. The molecule has 2 aliphatic rings. The first kappa shape index (κ1) is 19.1. The Balaban J connectivity index is 1.37. The molecule has 4 rings (SSSR count). The van der Waals surface area contributed by atoms with Gasteiger partial charge in [-0.15, -0.1) is 0 Å². The van der Waals surface area contributed by atoms with E-state index in [-0.39, 0.29) is 18.3 Å². The summed E-state index contributed by atoms with van der Waals surface area (Å²) < 4.78 is 12.9. The van der Waals surface area contributed by atoms with Gasteiger partial charge in [0, 0.05) is 25.2 Å². The van der Waals surface area contributed by atoms with Crippen molar-refractivity contribution in [3.05, 3.63) is 58.9 Å². The third-order valence-corrected chi connectivity index (χ3v) is 5.35. The molecular formula is C22H22FN3O3. The molecule has 2 heterocycles. The van der Waals surface area contributed by atoms with Gasteiger partial charge in [-0.3, -0.25) is 14.4 Å². The molecule has 2 aliphatic heterocycles. The van der Waals surface area contributed by atoms with E-state index >= 15 is 0 Å². The molecule has 2 aromatic rings. The first-order chi connectivity index (χ1) is 14.0. The van der Waals surface area contributed by atoms with Crippen molar-refractivity contribution in [2.24, 2.45) is 0 Å². The molecule has 0 aliphatic carbocycles. The van der Waals surface area contributed by atoms with E-state index < -0.39 is 11.8 Å². The molecule has 0 radical (unpaired) electrons. The third kappa shape index (κ3) is 4.13.